The molecular formula is C9H10NOS+. The van der Waals surface area contributed by atoms with Crippen LogP contribution in [0.15, 0.2) is 33.7 Å². The maximum absolute atomic E-state index is 5.23. The zero-order chi connectivity index (χ0) is 8.39. The first-order valence-corrected chi connectivity index (χ1v) is 5.40. The predicted molar refractivity (Wildman–Crippen MR) is 50.1 cm³/mol. The van der Waals surface area contributed by atoms with Gasteiger partial charge in [-0.25, -0.2) is 0 Å². The molecule has 2 aromatic heterocycles. The minimum atomic E-state index is 0.237. The van der Waals surface area contributed by atoms with Crippen LogP contribution in [0.3, 0.4) is 0 Å². The van der Waals surface area contributed by atoms with Crippen molar-refractivity contribution in [1.82, 2.24) is 4.98 Å². The Kier molecular flexibility index (Phi) is 1.96. The molecule has 2 rings (SSSR count). The van der Waals surface area contributed by atoms with E-state index in [2.05, 4.69) is 17.3 Å². The second-order valence-corrected chi connectivity index (χ2v) is 4.44. The van der Waals surface area contributed by atoms with Crippen LogP contribution in [0.4, 0.5) is 0 Å². The SMILES string of the molecule is CC[s+]1cnc(-c2ccco2)c1. The van der Waals surface area contributed by atoms with E-state index in [-0.39, 0.29) is 10.5 Å². The maximum Gasteiger partial charge on any atom is 0.230 e. The summed E-state index contributed by atoms with van der Waals surface area (Å²) < 4.78 is 5.23. The summed E-state index contributed by atoms with van der Waals surface area (Å²) in [7, 11) is 0.237. The van der Waals surface area contributed by atoms with Crippen molar-refractivity contribution in [1.29, 1.82) is 0 Å². The number of rotatable bonds is 2. The van der Waals surface area contributed by atoms with Crippen LogP contribution >= 0.6 is 10.5 Å². The van der Waals surface area contributed by atoms with Crippen LogP contribution < -0.4 is 0 Å². The van der Waals surface area contributed by atoms with Crippen molar-refractivity contribution in [3.63, 3.8) is 0 Å². The highest BCUT2D eigenvalue weighted by molar-refractivity contribution is 7.27. The number of aryl methyl sites for hydroxylation is 1. The van der Waals surface area contributed by atoms with Gasteiger partial charge in [-0.1, -0.05) is 0 Å². The summed E-state index contributed by atoms with van der Waals surface area (Å²) >= 11 is 0. The minimum Gasteiger partial charge on any atom is -0.463 e. The first kappa shape index (κ1) is 7.55. The van der Waals surface area contributed by atoms with E-state index in [0.29, 0.717) is 0 Å². The van der Waals surface area contributed by atoms with Crippen LogP contribution in [0.2, 0.25) is 0 Å². The van der Waals surface area contributed by atoms with Crippen molar-refractivity contribution in [2.75, 3.05) is 0 Å². The Morgan fingerprint density at radius 1 is 1.58 bits per heavy atom. The predicted octanol–water partition coefficient (Wildman–Crippen LogP) is 3.11. The fraction of sp³-hybridized carbons (Fsp3) is 0.222. The van der Waals surface area contributed by atoms with Gasteiger partial charge in [0.25, 0.3) is 0 Å². The maximum atomic E-state index is 5.23. The molecule has 3 heteroatoms. The molecule has 1 unspecified atom stereocenters. The van der Waals surface area contributed by atoms with Crippen LogP contribution in [0.1, 0.15) is 6.92 Å². The number of nitrogens with zero attached hydrogens (tertiary/aromatic N) is 1. The molecule has 62 valence electrons. The highest BCUT2D eigenvalue weighted by Gasteiger charge is 2.10. The zero-order valence-electron chi connectivity index (χ0n) is 6.86. The largest absolute Gasteiger partial charge is 0.463 e. The summed E-state index contributed by atoms with van der Waals surface area (Å²) in [5, 5.41) is 2.17. The van der Waals surface area contributed by atoms with Crippen molar-refractivity contribution >= 4 is 10.5 Å². The van der Waals surface area contributed by atoms with Gasteiger partial charge in [0.05, 0.1) is 6.26 Å². The Balaban J connectivity index is 2.35. The summed E-state index contributed by atoms with van der Waals surface area (Å²) in [6, 6.07) is 3.82. The van der Waals surface area contributed by atoms with E-state index in [1.54, 1.807) is 6.26 Å². The Labute approximate surface area is 73.8 Å². The molecule has 0 saturated carbocycles. The molecule has 2 nitrogen and oxygen atoms in total. The Morgan fingerprint density at radius 2 is 2.50 bits per heavy atom. The second kappa shape index (κ2) is 3.11. The van der Waals surface area contributed by atoms with E-state index in [0.717, 1.165) is 17.2 Å². The highest BCUT2D eigenvalue weighted by atomic mass is 32.2. The molecule has 0 radical (unpaired) electrons. The van der Waals surface area contributed by atoms with Gasteiger partial charge in [-0.2, -0.15) is 4.98 Å². The molecule has 0 saturated heterocycles. The molecule has 0 aromatic carbocycles. The van der Waals surface area contributed by atoms with E-state index in [1.807, 2.05) is 17.6 Å². The number of aromatic nitrogens is 1. The lowest BCUT2D eigenvalue weighted by molar-refractivity contribution is 0.580. The number of furan rings is 1. The summed E-state index contributed by atoms with van der Waals surface area (Å²) in [6.07, 6.45) is 1.67. The van der Waals surface area contributed by atoms with Gasteiger partial charge in [0.15, 0.2) is 16.8 Å². The average Bonchev–Trinajstić information content (AvgIpc) is 2.75. The molecular weight excluding hydrogens is 170 g/mol. The molecule has 0 N–H and O–H groups in total. The Bertz CT molecular complexity index is 350. The van der Waals surface area contributed by atoms with Crippen molar-refractivity contribution in [2.45, 2.75) is 12.7 Å². The molecule has 0 amide bonds. The lowest BCUT2D eigenvalue weighted by Crippen LogP contribution is -1.68. The van der Waals surface area contributed by atoms with Gasteiger partial charge in [-0.05, 0) is 29.5 Å². The standard InChI is InChI=1S/C9H10NOS/c1-2-12-6-8(10-7-12)9-4-3-5-11-9/h3-7H,2H2,1H3/q+1. The van der Waals surface area contributed by atoms with Crippen LogP contribution in [0, 0.1) is 0 Å². The quantitative estimate of drug-likeness (QED) is 0.664. The molecule has 0 spiro atoms. The average molecular weight is 180 g/mol. The van der Waals surface area contributed by atoms with E-state index in [1.165, 1.54) is 0 Å². The van der Waals surface area contributed by atoms with E-state index < -0.39 is 0 Å². The second-order valence-electron chi connectivity index (χ2n) is 2.47. The fourth-order valence-electron chi connectivity index (χ4n) is 1.03. The summed E-state index contributed by atoms with van der Waals surface area (Å²) in [6.45, 7) is 2.16. The molecule has 0 aliphatic heterocycles. The van der Waals surface area contributed by atoms with E-state index in [9.17, 15) is 0 Å². The minimum absolute atomic E-state index is 0.237. The topological polar surface area (TPSA) is 26.0 Å². The number of thiazole rings is 1. The van der Waals surface area contributed by atoms with Gasteiger partial charge in [0, 0.05) is 0 Å². The summed E-state index contributed by atoms with van der Waals surface area (Å²) in [5.74, 6) is 2.00. The van der Waals surface area contributed by atoms with Gasteiger partial charge >= 0.3 is 0 Å². The third-order valence-corrected chi connectivity index (χ3v) is 3.27. The van der Waals surface area contributed by atoms with Gasteiger partial charge in [-0.3, -0.25) is 0 Å². The normalized spacial score (nSPS) is 11.9. The smallest absolute Gasteiger partial charge is 0.230 e. The van der Waals surface area contributed by atoms with Crippen molar-refractivity contribution in [3.05, 3.63) is 29.3 Å². The Hall–Kier alpha value is -1.09. The summed E-state index contributed by atoms with van der Waals surface area (Å²) in [4.78, 5) is 4.29. The van der Waals surface area contributed by atoms with Gasteiger partial charge in [-0.15, -0.1) is 0 Å². The lowest BCUT2D eigenvalue weighted by atomic mass is 10.4. The molecule has 0 aliphatic rings. The third kappa shape index (κ3) is 1.28. The van der Waals surface area contributed by atoms with E-state index >= 15 is 0 Å². The molecule has 0 fully saturated rings. The third-order valence-electron chi connectivity index (χ3n) is 1.70. The van der Waals surface area contributed by atoms with Gasteiger partial charge in [0.1, 0.15) is 5.75 Å². The molecule has 0 aliphatic carbocycles. The zero-order valence-corrected chi connectivity index (χ0v) is 7.67. The molecule has 1 atom stereocenters. The molecule has 2 aromatic rings. The molecule has 0 bridgehead atoms. The van der Waals surface area contributed by atoms with Crippen LogP contribution in [-0.2, 0) is 5.75 Å². The van der Waals surface area contributed by atoms with Gasteiger partial charge < -0.3 is 4.42 Å². The lowest BCUT2D eigenvalue weighted by Gasteiger charge is -1.81. The Morgan fingerprint density at radius 3 is 3.08 bits per heavy atom. The summed E-state index contributed by atoms with van der Waals surface area (Å²) in [5.41, 5.74) is 2.97. The number of hydrogen-bond acceptors (Lipinski definition) is 2. The van der Waals surface area contributed by atoms with Crippen LogP contribution in [0.5, 0.6) is 0 Å². The number of hydrogen-bond donors (Lipinski definition) is 0. The monoisotopic (exact) mass is 180 g/mol. The molecule has 2 heterocycles. The first-order chi connectivity index (χ1) is 5.90. The van der Waals surface area contributed by atoms with Crippen molar-refractivity contribution in [2.24, 2.45) is 0 Å². The fourth-order valence-corrected chi connectivity index (χ4v) is 2.12. The van der Waals surface area contributed by atoms with Gasteiger partial charge in [0.2, 0.25) is 5.51 Å². The highest BCUT2D eigenvalue weighted by Crippen LogP contribution is 2.26. The van der Waals surface area contributed by atoms with Crippen molar-refractivity contribution in [3.8, 4) is 11.5 Å². The van der Waals surface area contributed by atoms with Crippen molar-refractivity contribution < 1.29 is 4.42 Å². The van der Waals surface area contributed by atoms with Crippen LogP contribution in [0.25, 0.3) is 11.5 Å². The molecule has 12 heavy (non-hydrogen) atoms. The van der Waals surface area contributed by atoms with Crippen LogP contribution in [-0.4, -0.2) is 4.98 Å². The van der Waals surface area contributed by atoms with E-state index in [4.69, 9.17) is 4.42 Å². The first-order valence-electron chi connectivity index (χ1n) is 3.88.